The number of aromatic nitrogens is 4. The molecule has 0 unspecified atom stereocenters. The maximum atomic E-state index is 13.2. The van der Waals surface area contributed by atoms with Crippen LogP contribution in [0.2, 0.25) is 10.0 Å². The number of nitrogens with zero attached hydrogens (tertiary/aromatic N) is 4. The van der Waals surface area contributed by atoms with Crippen molar-refractivity contribution in [3.8, 4) is 22.2 Å². The number of benzene rings is 2. The second-order valence-corrected chi connectivity index (χ2v) is 8.72. The topological polar surface area (TPSA) is 73.8 Å². The molecule has 5 aromatic rings. The first-order valence-corrected chi connectivity index (χ1v) is 10.9. The summed E-state index contributed by atoms with van der Waals surface area (Å²) in [5.74, 6) is 0.717. The van der Waals surface area contributed by atoms with Gasteiger partial charge >= 0.3 is 0 Å². The van der Waals surface area contributed by atoms with Gasteiger partial charge in [-0.25, -0.2) is 4.98 Å². The van der Waals surface area contributed by atoms with Crippen molar-refractivity contribution < 1.29 is 4.52 Å². The zero-order valence-electron chi connectivity index (χ0n) is 16.2. The van der Waals surface area contributed by atoms with Gasteiger partial charge in [0.2, 0.25) is 5.82 Å². The van der Waals surface area contributed by atoms with E-state index in [1.165, 1.54) is 17.7 Å². The van der Waals surface area contributed by atoms with E-state index < -0.39 is 0 Å². The summed E-state index contributed by atoms with van der Waals surface area (Å²) in [7, 11) is 0. The summed E-state index contributed by atoms with van der Waals surface area (Å²) in [6, 6.07) is 14.7. The molecule has 154 valence electrons. The second-order valence-electron chi connectivity index (χ2n) is 6.91. The highest BCUT2D eigenvalue weighted by molar-refractivity contribution is 7.22. The van der Waals surface area contributed by atoms with Crippen LogP contribution in [0.1, 0.15) is 11.1 Å². The monoisotopic (exact) mass is 468 g/mol. The largest absolute Gasteiger partial charge is 0.333 e. The lowest BCUT2D eigenvalue weighted by atomic mass is 10.2. The van der Waals surface area contributed by atoms with Crippen molar-refractivity contribution in [3.05, 3.63) is 86.4 Å². The van der Waals surface area contributed by atoms with Crippen molar-refractivity contribution in [1.29, 1.82) is 0 Å². The minimum atomic E-state index is -0.143. The van der Waals surface area contributed by atoms with Crippen LogP contribution in [-0.4, -0.2) is 19.7 Å². The summed E-state index contributed by atoms with van der Waals surface area (Å²) >= 11 is 13.8. The van der Waals surface area contributed by atoms with Crippen molar-refractivity contribution in [2.75, 3.05) is 0 Å². The predicted octanol–water partition coefficient (Wildman–Crippen LogP) is 5.84. The molecule has 0 aliphatic rings. The number of hydrogen-bond acceptors (Lipinski definition) is 6. The fraction of sp³-hybridized carbons (Fsp3) is 0.0909. The Balaban J connectivity index is 1.57. The molecule has 0 amide bonds. The molecule has 2 aromatic carbocycles. The molecule has 0 aliphatic carbocycles. The van der Waals surface area contributed by atoms with E-state index in [9.17, 15) is 4.79 Å². The molecule has 6 nitrogen and oxygen atoms in total. The van der Waals surface area contributed by atoms with Gasteiger partial charge in [0.05, 0.1) is 28.2 Å². The summed E-state index contributed by atoms with van der Waals surface area (Å²) in [5.41, 5.74) is 2.14. The van der Waals surface area contributed by atoms with Crippen LogP contribution >= 0.6 is 34.5 Å². The average Bonchev–Trinajstić information content (AvgIpc) is 3.37. The molecule has 31 heavy (non-hydrogen) atoms. The van der Waals surface area contributed by atoms with Crippen molar-refractivity contribution in [2.24, 2.45) is 0 Å². The van der Waals surface area contributed by atoms with E-state index in [0.29, 0.717) is 49.0 Å². The molecule has 0 aliphatic heterocycles. The highest BCUT2D eigenvalue weighted by Crippen LogP contribution is 2.36. The lowest BCUT2D eigenvalue weighted by molar-refractivity contribution is 0.433. The molecule has 0 spiro atoms. The summed E-state index contributed by atoms with van der Waals surface area (Å²) in [6.07, 6.45) is 1.54. The van der Waals surface area contributed by atoms with E-state index in [1.54, 1.807) is 16.7 Å². The van der Waals surface area contributed by atoms with E-state index in [-0.39, 0.29) is 5.56 Å². The van der Waals surface area contributed by atoms with Gasteiger partial charge in [0.15, 0.2) is 0 Å². The highest BCUT2D eigenvalue weighted by Gasteiger charge is 2.21. The molecule has 0 atom stereocenters. The second kappa shape index (κ2) is 7.92. The number of aryl methyl sites for hydroxylation is 1. The van der Waals surface area contributed by atoms with Gasteiger partial charge in [-0.1, -0.05) is 58.7 Å². The van der Waals surface area contributed by atoms with Gasteiger partial charge in [0.25, 0.3) is 11.4 Å². The smallest absolute Gasteiger partial charge is 0.268 e. The first kappa shape index (κ1) is 19.9. The fourth-order valence-corrected chi connectivity index (χ4v) is 4.83. The van der Waals surface area contributed by atoms with Crippen LogP contribution in [0.5, 0.6) is 0 Å². The standard InChI is InChI=1S/C22H14Cl2N4O2S/c1-12-17-21(25-11-28(22(17)29)10-13-6-2-4-8-15(13)23)31-18(12)20-26-19(27-30-20)14-7-3-5-9-16(14)24/h2-9,11H,10H2,1H3. The van der Waals surface area contributed by atoms with Gasteiger partial charge in [0, 0.05) is 10.6 Å². The summed E-state index contributed by atoms with van der Waals surface area (Å²) in [6.45, 7) is 2.19. The van der Waals surface area contributed by atoms with E-state index in [2.05, 4.69) is 15.1 Å². The SMILES string of the molecule is Cc1c(-c2nc(-c3ccccc3Cl)no2)sc2ncn(Cc3ccccc3Cl)c(=O)c12. The fourth-order valence-electron chi connectivity index (χ4n) is 3.35. The third kappa shape index (κ3) is 3.54. The minimum Gasteiger partial charge on any atom is -0.333 e. The molecule has 0 fully saturated rings. The Morgan fingerprint density at radius 3 is 2.58 bits per heavy atom. The zero-order chi connectivity index (χ0) is 21.5. The van der Waals surface area contributed by atoms with Gasteiger partial charge in [0.1, 0.15) is 4.83 Å². The number of thiophene rings is 1. The Hall–Kier alpha value is -3.00. The normalized spacial score (nSPS) is 11.3. The Morgan fingerprint density at radius 1 is 1.06 bits per heavy atom. The van der Waals surface area contributed by atoms with E-state index in [1.807, 2.05) is 43.3 Å². The molecule has 0 bridgehead atoms. The predicted molar refractivity (Wildman–Crippen MR) is 123 cm³/mol. The molecule has 5 rings (SSSR count). The van der Waals surface area contributed by atoms with Crippen LogP contribution in [0, 0.1) is 6.92 Å². The number of rotatable bonds is 4. The van der Waals surface area contributed by atoms with Crippen LogP contribution in [0.4, 0.5) is 0 Å². The first-order valence-electron chi connectivity index (χ1n) is 9.34. The third-order valence-corrected chi connectivity index (χ3v) is 6.84. The molecule has 3 aromatic heterocycles. The zero-order valence-corrected chi connectivity index (χ0v) is 18.5. The molecule has 9 heteroatoms. The van der Waals surface area contributed by atoms with Crippen LogP contribution in [0.15, 0.2) is 64.2 Å². The van der Waals surface area contributed by atoms with Gasteiger partial charge in [-0.3, -0.25) is 9.36 Å². The Bertz CT molecular complexity index is 1490. The molecule has 0 radical (unpaired) electrons. The van der Waals surface area contributed by atoms with Gasteiger partial charge in [-0.2, -0.15) is 4.98 Å². The number of halogens is 2. The highest BCUT2D eigenvalue weighted by atomic mass is 35.5. The molecule has 0 saturated carbocycles. The molecular weight excluding hydrogens is 455 g/mol. The Kier molecular flexibility index (Phi) is 5.09. The average molecular weight is 469 g/mol. The summed E-state index contributed by atoms with van der Waals surface area (Å²) < 4.78 is 7.04. The van der Waals surface area contributed by atoms with E-state index >= 15 is 0 Å². The van der Waals surface area contributed by atoms with Crippen LogP contribution < -0.4 is 5.56 Å². The minimum absolute atomic E-state index is 0.143. The van der Waals surface area contributed by atoms with Crippen LogP contribution in [0.25, 0.3) is 32.4 Å². The van der Waals surface area contributed by atoms with Gasteiger partial charge < -0.3 is 4.52 Å². The molecule has 0 saturated heterocycles. The lowest BCUT2D eigenvalue weighted by Crippen LogP contribution is -2.21. The van der Waals surface area contributed by atoms with Gasteiger partial charge in [-0.15, -0.1) is 11.3 Å². The summed E-state index contributed by atoms with van der Waals surface area (Å²) in [4.78, 5) is 23.5. The Labute approximate surface area is 190 Å². The lowest BCUT2D eigenvalue weighted by Gasteiger charge is -2.07. The van der Waals surface area contributed by atoms with Crippen molar-refractivity contribution >= 4 is 44.8 Å². The van der Waals surface area contributed by atoms with Gasteiger partial charge in [-0.05, 0) is 36.2 Å². The third-order valence-electron chi connectivity index (χ3n) is 4.95. The first-order chi connectivity index (χ1) is 15.0. The van der Waals surface area contributed by atoms with Crippen LogP contribution in [-0.2, 0) is 6.54 Å². The van der Waals surface area contributed by atoms with Crippen molar-refractivity contribution in [2.45, 2.75) is 13.5 Å². The number of fused-ring (bicyclic) bond motifs is 1. The maximum Gasteiger partial charge on any atom is 0.268 e. The molecular formula is C22H14Cl2N4O2S. The molecule has 3 heterocycles. The Morgan fingerprint density at radius 2 is 1.81 bits per heavy atom. The number of hydrogen-bond donors (Lipinski definition) is 0. The van der Waals surface area contributed by atoms with Crippen molar-refractivity contribution in [3.63, 3.8) is 0 Å². The van der Waals surface area contributed by atoms with Crippen LogP contribution in [0.3, 0.4) is 0 Å². The van der Waals surface area contributed by atoms with E-state index in [4.69, 9.17) is 27.7 Å². The maximum absolute atomic E-state index is 13.2. The summed E-state index contributed by atoms with van der Waals surface area (Å²) in [5, 5.41) is 5.73. The molecule has 0 N–H and O–H groups in total. The van der Waals surface area contributed by atoms with E-state index in [0.717, 1.165) is 11.1 Å². The quantitative estimate of drug-likeness (QED) is 0.331. The van der Waals surface area contributed by atoms with Crippen molar-refractivity contribution in [1.82, 2.24) is 19.7 Å².